The van der Waals surface area contributed by atoms with Crippen LogP contribution in [0, 0.1) is 0 Å². The van der Waals surface area contributed by atoms with Crippen molar-refractivity contribution >= 4 is 52.5 Å². The van der Waals surface area contributed by atoms with E-state index >= 15 is 0 Å². The summed E-state index contributed by atoms with van der Waals surface area (Å²) < 4.78 is 16.5. The van der Waals surface area contributed by atoms with Crippen LogP contribution < -0.4 is 25.8 Å². The molecule has 0 radical (unpaired) electrons. The van der Waals surface area contributed by atoms with Gasteiger partial charge in [-0.1, -0.05) is 11.6 Å². The molecule has 11 nitrogen and oxygen atoms in total. The zero-order valence-electron chi connectivity index (χ0n) is 17.5. The van der Waals surface area contributed by atoms with Crippen LogP contribution in [0.15, 0.2) is 42.6 Å². The second kappa shape index (κ2) is 9.37. The van der Waals surface area contributed by atoms with Gasteiger partial charge in [-0.3, -0.25) is 14.9 Å². The second-order valence-electron chi connectivity index (χ2n) is 6.81. The number of carbonyl (C=O) groups is 3. The number of primary amides is 1. The number of thiocarbonyl (C=S) groups is 1. The predicted octanol–water partition coefficient (Wildman–Crippen LogP) is 2.27. The summed E-state index contributed by atoms with van der Waals surface area (Å²) in [5.41, 5.74) is 6.17. The predicted molar refractivity (Wildman–Crippen MR) is 125 cm³/mol. The summed E-state index contributed by atoms with van der Waals surface area (Å²) in [6, 6.07) is 9.12. The van der Waals surface area contributed by atoms with Crippen molar-refractivity contribution in [2.24, 2.45) is 5.73 Å². The number of carbonyl (C=O) groups excluding carboxylic acids is 3. The Balaban J connectivity index is 1.60. The van der Waals surface area contributed by atoms with E-state index in [9.17, 15) is 14.4 Å². The van der Waals surface area contributed by atoms with Crippen LogP contribution in [-0.2, 0) is 4.74 Å². The first-order valence-electron chi connectivity index (χ1n) is 9.56. The lowest BCUT2D eigenvalue weighted by atomic mass is 10.2. The summed E-state index contributed by atoms with van der Waals surface area (Å²) in [4.78, 5) is 36.6. The molecule has 3 aromatic rings. The number of anilines is 1. The van der Waals surface area contributed by atoms with E-state index in [1.54, 1.807) is 18.2 Å². The molecule has 0 fully saturated rings. The largest absolute Gasteiger partial charge is 0.465 e. The lowest BCUT2D eigenvalue weighted by Crippen LogP contribution is -2.35. The molecule has 0 saturated heterocycles. The van der Waals surface area contributed by atoms with Crippen LogP contribution in [0.1, 0.15) is 31.1 Å². The quantitative estimate of drug-likeness (QED) is 0.353. The fourth-order valence-electron chi connectivity index (χ4n) is 3.11. The van der Waals surface area contributed by atoms with Gasteiger partial charge in [-0.2, -0.15) is 5.10 Å². The molecule has 0 unspecified atom stereocenters. The van der Waals surface area contributed by atoms with Crippen molar-refractivity contribution in [2.75, 3.05) is 19.2 Å². The Kier molecular flexibility index (Phi) is 6.34. The van der Waals surface area contributed by atoms with Gasteiger partial charge >= 0.3 is 5.97 Å². The van der Waals surface area contributed by atoms with Crippen LogP contribution in [0.4, 0.5) is 5.82 Å². The number of esters is 1. The van der Waals surface area contributed by atoms with Gasteiger partial charge in [0.15, 0.2) is 16.6 Å². The molecule has 2 aromatic carbocycles. The van der Waals surface area contributed by atoms with E-state index in [1.165, 1.54) is 36.2 Å². The normalized spacial score (nSPS) is 11.6. The summed E-state index contributed by atoms with van der Waals surface area (Å²) in [6.45, 7) is 0.0721. The first-order valence-corrected chi connectivity index (χ1v) is 10.3. The van der Waals surface area contributed by atoms with E-state index in [2.05, 4.69) is 15.7 Å². The van der Waals surface area contributed by atoms with E-state index < -0.39 is 17.8 Å². The topological polar surface area (TPSA) is 147 Å². The molecule has 1 aliphatic heterocycles. The zero-order valence-corrected chi connectivity index (χ0v) is 19.0. The number of nitrogens with two attached hydrogens (primary N) is 1. The molecule has 4 N–H and O–H groups in total. The molecule has 0 saturated carbocycles. The number of amides is 2. The summed E-state index contributed by atoms with van der Waals surface area (Å²) in [5, 5.41) is 9.46. The highest BCUT2D eigenvalue weighted by molar-refractivity contribution is 7.80. The maximum absolute atomic E-state index is 12.6. The van der Waals surface area contributed by atoms with Gasteiger partial charge in [0.25, 0.3) is 11.8 Å². The Morgan fingerprint density at radius 2 is 1.91 bits per heavy atom. The maximum Gasteiger partial charge on any atom is 0.339 e. The number of benzene rings is 2. The standard InChI is InChI=1S/C21H16ClN5O6S/c1-31-20(30)12-7-11(3-4-14(12)22)27-18(13(8-24-27)17(23)28)25-21(34)26-19(29)10-2-5-15-16(6-10)33-9-32-15/h2-8H,9H2,1H3,(H2,23,28)(H2,25,26,29,34). The fourth-order valence-corrected chi connectivity index (χ4v) is 3.49. The third-order valence-corrected chi connectivity index (χ3v) is 5.26. The van der Waals surface area contributed by atoms with Gasteiger partial charge in [-0.05, 0) is 48.6 Å². The lowest BCUT2D eigenvalue weighted by Gasteiger charge is -2.14. The average molecular weight is 502 g/mol. The molecule has 34 heavy (non-hydrogen) atoms. The molecule has 0 bridgehead atoms. The molecule has 174 valence electrons. The van der Waals surface area contributed by atoms with Crippen molar-refractivity contribution < 1.29 is 28.6 Å². The minimum absolute atomic E-state index is 0.00533. The summed E-state index contributed by atoms with van der Waals surface area (Å²) in [6.07, 6.45) is 1.22. The average Bonchev–Trinajstić information content (AvgIpc) is 3.45. The van der Waals surface area contributed by atoms with Crippen molar-refractivity contribution in [3.8, 4) is 17.2 Å². The summed E-state index contributed by atoms with van der Waals surface area (Å²) >= 11 is 11.3. The van der Waals surface area contributed by atoms with Gasteiger partial charge in [0.1, 0.15) is 11.4 Å². The molecule has 4 rings (SSSR count). The number of nitrogens with one attached hydrogen (secondary N) is 2. The van der Waals surface area contributed by atoms with E-state index in [0.717, 1.165) is 0 Å². The first-order chi connectivity index (χ1) is 16.3. The third kappa shape index (κ3) is 4.49. The number of fused-ring (bicyclic) bond motifs is 1. The molecule has 1 aliphatic rings. The third-order valence-electron chi connectivity index (χ3n) is 4.73. The minimum atomic E-state index is -0.791. The van der Waals surface area contributed by atoms with Crippen molar-refractivity contribution in [1.29, 1.82) is 0 Å². The fraction of sp³-hybridized carbons (Fsp3) is 0.0952. The van der Waals surface area contributed by atoms with E-state index in [-0.39, 0.29) is 39.4 Å². The number of hydrogen-bond acceptors (Lipinski definition) is 8. The number of aromatic nitrogens is 2. The van der Waals surface area contributed by atoms with Crippen LogP contribution in [0.3, 0.4) is 0 Å². The maximum atomic E-state index is 12.6. The monoisotopic (exact) mass is 501 g/mol. The highest BCUT2D eigenvalue weighted by Crippen LogP contribution is 2.32. The zero-order chi connectivity index (χ0) is 24.4. The van der Waals surface area contributed by atoms with E-state index in [1.807, 2.05) is 0 Å². The van der Waals surface area contributed by atoms with Gasteiger partial charge in [-0.15, -0.1) is 0 Å². The molecular weight excluding hydrogens is 486 g/mol. The minimum Gasteiger partial charge on any atom is -0.465 e. The van der Waals surface area contributed by atoms with Gasteiger partial charge in [0.2, 0.25) is 6.79 Å². The molecule has 1 aromatic heterocycles. The highest BCUT2D eigenvalue weighted by atomic mass is 35.5. The van der Waals surface area contributed by atoms with E-state index in [0.29, 0.717) is 17.2 Å². The Hall–Kier alpha value is -4.16. The van der Waals surface area contributed by atoms with Crippen LogP contribution in [0.2, 0.25) is 5.02 Å². The van der Waals surface area contributed by atoms with Crippen LogP contribution in [0.25, 0.3) is 5.69 Å². The van der Waals surface area contributed by atoms with Crippen LogP contribution in [0.5, 0.6) is 11.5 Å². The number of rotatable bonds is 5. The number of halogens is 1. The van der Waals surface area contributed by atoms with Gasteiger partial charge in [-0.25, -0.2) is 9.48 Å². The van der Waals surface area contributed by atoms with Gasteiger partial charge in [0, 0.05) is 5.56 Å². The second-order valence-corrected chi connectivity index (χ2v) is 7.63. The van der Waals surface area contributed by atoms with Crippen LogP contribution >= 0.6 is 23.8 Å². The smallest absolute Gasteiger partial charge is 0.339 e. The molecule has 0 aliphatic carbocycles. The van der Waals surface area contributed by atoms with Crippen LogP contribution in [-0.4, -0.2) is 46.6 Å². The molecular formula is C21H16ClN5O6S. The molecule has 2 amide bonds. The van der Waals surface area contributed by atoms with Crippen molar-refractivity contribution in [2.45, 2.75) is 0 Å². The Morgan fingerprint density at radius 3 is 2.65 bits per heavy atom. The number of methoxy groups -OCH3 is 1. The first kappa shape index (κ1) is 23.0. The summed E-state index contributed by atoms with van der Waals surface area (Å²) in [5.74, 6) is -0.939. The number of nitrogens with zero attached hydrogens (tertiary/aromatic N) is 2. The lowest BCUT2D eigenvalue weighted by molar-refractivity contribution is 0.0600. The molecule has 2 heterocycles. The van der Waals surface area contributed by atoms with Gasteiger partial charge in [0.05, 0.1) is 29.6 Å². The molecule has 0 atom stereocenters. The number of ether oxygens (including phenoxy) is 3. The molecule has 13 heteroatoms. The van der Waals surface area contributed by atoms with Gasteiger partial charge < -0.3 is 25.3 Å². The Bertz CT molecular complexity index is 1340. The Morgan fingerprint density at radius 1 is 1.15 bits per heavy atom. The number of hydrogen-bond donors (Lipinski definition) is 3. The van der Waals surface area contributed by atoms with Crippen molar-refractivity contribution in [3.05, 3.63) is 64.3 Å². The highest BCUT2D eigenvalue weighted by Gasteiger charge is 2.21. The Labute approximate surface area is 202 Å². The SMILES string of the molecule is COC(=O)c1cc(-n2ncc(C(N)=O)c2NC(=S)NC(=O)c2ccc3c(c2)OCO3)ccc1Cl. The van der Waals surface area contributed by atoms with Crippen molar-refractivity contribution in [1.82, 2.24) is 15.1 Å². The van der Waals surface area contributed by atoms with Crippen molar-refractivity contribution in [3.63, 3.8) is 0 Å². The van der Waals surface area contributed by atoms with E-state index in [4.69, 9.17) is 43.8 Å². The summed E-state index contributed by atoms with van der Waals surface area (Å²) in [7, 11) is 1.22. The molecule has 0 spiro atoms.